The molecule has 0 aliphatic rings. The van der Waals surface area contributed by atoms with Crippen molar-refractivity contribution in [3.05, 3.63) is 47.0 Å². The lowest BCUT2D eigenvalue weighted by Gasteiger charge is -2.05. The van der Waals surface area contributed by atoms with E-state index in [1.54, 1.807) is 13.2 Å². The van der Waals surface area contributed by atoms with Gasteiger partial charge in [0.25, 0.3) is 5.56 Å². The summed E-state index contributed by atoms with van der Waals surface area (Å²) in [7, 11) is 1.60. The zero-order chi connectivity index (χ0) is 17.8. The Hall–Kier alpha value is -3.16. The number of nitrogens with zero attached hydrogens (tertiary/aromatic N) is 4. The SMILES string of the molecule is CCCNC(=O)Cn1ncn2nc(-c3ccc(OC)cc3)cc2c1=O. The van der Waals surface area contributed by atoms with E-state index in [1.165, 1.54) is 10.8 Å². The van der Waals surface area contributed by atoms with Gasteiger partial charge in [-0.3, -0.25) is 9.59 Å². The standard InChI is InChI=1S/C17H19N5O3/c1-3-8-18-16(23)10-21-17(24)15-9-14(20-22(15)11-19-21)12-4-6-13(25-2)7-5-12/h4-7,9,11H,3,8,10H2,1-2H3,(H,18,23). The smallest absolute Gasteiger partial charge is 0.293 e. The molecule has 130 valence electrons. The predicted octanol–water partition coefficient (Wildman–Crippen LogP) is 1.09. The molecule has 8 nitrogen and oxygen atoms in total. The summed E-state index contributed by atoms with van der Waals surface area (Å²) in [5, 5.41) is 11.1. The van der Waals surface area contributed by atoms with Gasteiger partial charge in [0.2, 0.25) is 5.91 Å². The van der Waals surface area contributed by atoms with Crippen molar-refractivity contribution >= 4 is 11.4 Å². The number of nitrogens with one attached hydrogen (secondary N) is 1. The first-order valence-electron chi connectivity index (χ1n) is 7.99. The van der Waals surface area contributed by atoms with Crippen LogP contribution in [0.2, 0.25) is 0 Å². The summed E-state index contributed by atoms with van der Waals surface area (Å²) in [4.78, 5) is 24.3. The Labute approximate surface area is 144 Å². The number of methoxy groups -OCH3 is 1. The zero-order valence-electron chi connectivity index (χ0n) is 14.1. The highest BCUT2D eigenvalue weighted by Crippen LogP contribution is 2.21. The van der Waals surface area contributed by atoms with Crippen LogP contribution in [-0.4, -0.2) is 39.0 Å². The van der Waals surface area contributed by atoms with E-state index >= 15 is 0 Å². The minimum atomic E-state index is -0.360. The summed E-state index contributed by atoms with van der Waals surface area (Å²) in [5.74, 6) is 0.505. The molecule has 0 atom stereocenters. The molecule has 25 heavy (non-hydrogen) atoms. The van der Waals surface area contributed by atoms with Crippen LogP contribution in [0.25, 0.3) is 16.8 Å². The maximum Gasteiger partial charge on any atom is 0.293 e. The van der Waals surface area contributed by atoms with Gasteiger partial charge < -0.3 is 10.1 Å². The molecule has 3 rings (SSSR count). The van der Waals surface area contributed by atoms with Gasteiger partial charge in [-0.1, -0.05) is 6.92 Å². The van der Waals surface area contributed by atoms with Gasteiger partial charge in [-0.25, -0.2) is 9.20 Å². The zero-order valence-corrected chi connectivity index (χ0v) is 14.1. The Morgan fingerprint density at radius 1 is 1.28 bits per heavy atom. The van der Waals surface area contributed by atoms with Crippen LogP contribution in [-0.2, 0) is 11.3 Å². The Morgan fingerprint density at radius 2 is 2.04 bits per heavy atom. The number of hydrogen-bond acceptors (Lipinski definition) is 5. The number of ether oxygens (including phenoxy) is 1. The molecule has 0 radical (unpaired) electrons. The van der Waals surface area contributed by atoms with Crippen LogP contribution in [0, 0.1) is 0 Å². The van der Waals surface area contributed by atoms with Crippen LogP contribution >= 0.6 is 0 Å². The second kappa shape index (κ2) is 7.16. The molecule has 8 heteroatoms. The summed E-state index contributed by atoms with van der Waals surface area (Å²) in [6, 6.07) is 9.07. The van der Waals surface area contributed by atoms with Crippen LogP contribution in [0.15, 0.2) is 41.5 Å². The van der Waals surface area contributed by atoms with Gasteiger partial charge >= 0.3 is 0 Å². The van der Waals surface area contributed by atoms with Gasteiger partial charge in [-0.2, -0.15) is 10.2 Å². The number of rotatable bonds is 6. The van der Waals surface area contributed by atoms with Crippen LogP contribution in [0.5, 0.6) is 5.75 Å². The topological polar surface area (TPSA) is 90.5 Å². The molecule has 2 aromatic heterocycles. The fourth-order valence-corrected chi connectivity index (χ4v) is 2.41. The highest BCUT2D eigenvalue weighted by atomic mass is 16.5. The number of amides is 1. The maximum absolute atomic E-state index is 12.5. The van der Waals surface area contributed by atoms with Crippen molar-refractivity contribution in [2.75, 3.05) is 13.7 Å². The van der Waals surface area contributed by atoms with E-state index in [2.05, 4.69) is 15.5 Å². The number of fused-ring (bicyclic) bond motifs is 1. The number of aromatic nitrogens is 4. The molecule has 1 amide bonds. The molecular weight excluding hydrogens is 322 g/mol. The normalized spacial score (nSPS) is 10.8. The summed E-state index contributed by atoms with van der Waals surface area (Å²) < 4.78 is 7.69. The fraction of sp³-hybridized carbons (Fsp3) is 0.294. The third-order valence-corrected chi connectivity index (χ3v) is 3.74. The molecule has 0 unspecified atom stereocenters. The summed E-state index contributed by atoms with van der Waals surface area (Å²) in [6.45, 7) is 2.42. The summed E-state index contributed by atoms with van der Waals surface area (Å²) >= 11 is 0. The Morgan fingerprint density at radius 3 is 2.72 bits per heavy atom. The molecule has 2 heterocycles. The Kier molecular flexibility index (Phi) is 4.78. The van der Waals surface area contributed by atoms with Gasteiger partial charge in [0.15, 0.2) is 0 Å². The largest absolute Gasteiger partial charge is 0.497 e. The van der Waals surface area contributed by atoms with E-state index in [4.69, 9.17) is 4.74 Å². The quantitative estimate of drug-likeness (QED) is 0.725. The first kappa shape index (κ1) is 16.7. The van der Waals surface area contributed by atoms with E-state index in [1.807, 2.05) is 31.2 Å². The van der Waals surface area contributed by atoms with Gasteiger partial charge in [0.05, 0.1) is 12.8 Å². The molecule has 3 aromatic rings. The molecular formula is C17H19N5O3. The Balaban J connectivity index is 1.91. The van der Waals surface area contributed by atoms with E-state index in [0.29, 0.717) is 17.8 Å². The Bertz CT molecular complexity index is 943. The highest BCUT2D eigenvalue weighted by molar-refractivity contribution is 5.75. The molecule has 1 N–H and O–H groups in total. The van der Waals surface area contributed by atoms with Crippen molar-refractivity contribution in [2.24, 2.45) is 0 Å². The van der Waals surface area contributed by atoms with Gasteiger partial charge in [0.1, 0.15) is 24.1 Å². The first-order valence-corrected chi connectivity index (χ1v) is 7.99. The third-order valence-electron chi connectivity index (χ3n) is 3.74. The van der Waals surface area contributed by atoms with Crippen LogP contribution < -0.4 is 15.6 Å². The maximum atomic E-state index is 12.5. The van der Waals surface area contributed by atoms with Crippen molar-refractivity contribution in [3.8, 4) is 17.0 Å². The van der Waals surface area contributed by atoms with E-state index < -0.39 is 0 Å². The van der Waals surface area contributed by atoms with Gasteiger partial charge in [-0.15, -0.1) is 0 Å². The van der Waals surface area contributed by atoms with E-state index in [-0.39, 0.29) is 18.0 Å². The first-order chi connectivity index (χ1) is 12.1. The summed E-state index contributed by atoms with van der Waals surface area (Å²) in [6.07, 6.45) is 2.26. The molecule has 0 aliphatic heterocycles. The monoisotopic (exact) mass is 341 g/mol. The fourth-order valence-electron chi connectivity index (χ4n) is 2.41. The van der Waals surface area contributed by atoms with Crippen LogP contribution in [0.1, 0.15) is 13.3 Å². The van der Waals surface area contributed by atoms with Crippen molar-refractivity contribution in [1.29, 1.82) is 0 Å². The second-order valence-electron chi connectivity index (χ2n) is 5.53. The van der Waals surface area contributed by atoms with Crippen molar-refractivity contribution in [1.82, 2.24) is 24.7 Å². The van der Waals surface area contributed by atoms with Gasteiger partial charge in [0, 0.05) is 12.1 Å². The molecule has 0 saturated carbocycles. The number of benzene rings is 1. The molecule has 0 fully saturated rings. The van der Waals surface area contributed by atoms with Crippen molar-refractivity contribution in [2.45, 2.75) is 19.9 Å². The van der Waals surface area contributed by atoms with Gasteiger partial charge in [-0.05, 0) is 36.8 Å². The average molecular weight is 341 g/mol. The average Bonchev–Trinajstić information content (AvgIpc) is 3.07. The molecule has 0 spiro atoms. The van der Waals surface area contributed by atoms with Crippen molar-refractivity contribution in [3.63, 3.8) is 0 Å². The predicted molar refractivity (Wildman–Crippen MR) is 92.5 cm³/mol. The molecule has 0 bridgehead atoms. The lowest BCUT2D eigenvalue weighted by atomic mass is 10.1. The van der Waals surface area contributed by atoms with E-state index in [9.17, 15) is 9.59 Å². The third kappa shape index (κ3) is 3.52. The number of carbonyl (C=O) groups is 1. The molecule has 1 aromatic carbocycles. The molecule has 0 saturated heterocycles. The van der Waals surface area contributed by atoms with Crippen LogP contribution in [0.4, 0.5) is 0 Å². The van der Waals surface area contributed by atoms with Crippen LogP contribution in [0.3, 0.4) is 0 Å². The summed E-state index contributed by atoms with van der Waals surface area (Å²) in [5.41, 5.74) is 1.51. The minimum absolute atomic E-state index is 0.113. The van der Waals surface area contributed by atoms with Crippen molar-refractivity contribution < 1.29 is 9.53 Å². The molecule has 0 aliphatic carbocycles. The lowest BCUT2D eigenvalue weighted by Crippen LogP contribution is -2.34. The number of carbonyl (C=O) groups excluding carboxylic acids is 1. The minimum Gasteiger partial charge on any atom is -0.497 e. The number of hydrogen-bond donors (Lipinski definition) is 1. The lowest BCUT2D eigenvalue weighted by molar-refractivity contribution is -0.121. The van der Waals surface area contributed by atoms with E-state index in [0.717, 1.165) is 22.4 Å². The second-order valence-corrected chi connectivity index (χ2v) is 5.53. The highest BCUT2D eigenvalue weighted by Gasteiger charge is 2.12.